The van der Waals surface area contributed by atoms with Crippen LogP contribution in [0.15, 0.2) is 53.6 Å². The van der Waals surface area contributed by atoms with Gasteiger partial charge in [-0.1, -0.05) is 23.2 Å². The van der Waals surface area contributed by atoms with Crippen LogP contribution in [-0.4, -0.2) is 38.0 Å². The summed E-state index contributed by atoms with van der Waals surface area (Å²) < 4.78 is 18.1. The van der Waals surface area contributed by atoms with Crippen LogP contribution >= 0.6 is 23.2 Å². The van der Waals surface area contributed by atoms with Crippen molar-refractivity contribution >= 4 is 57.1 Å². The highest BCUT2D eigenvalue weighted by Crippen LogP contribution is 2.34. The maximum absolute atomic E-state index is 12.5. The minimum atomic E-state index is -0.228. The zero-order chi connectivity index (χ0) is 24.2. The number of rotatable bonds is 8. The van der Waals surface area contributed by atoms with E-state index in [9.17, 15) is 4.79 Å². The molecule has 0 radical (unpaired) electrons. The molecule has 0 atom stereocenters. The summed E-state index contributed by atoms with van der Waals surface area (Å²) in [4.78, 5) is 12.5. The van der Waals surface area contributed by atoms with Crippen LogP contribution in [-0.2, 0) is 11.3 Å². The Bertz CT molecular complexity index is 1340. The number of carbonyl (C=O) groups excluding carboxylic acids is 1. The number of fused-ring (bicyclic) bond motifs is 3. The zero-order valence-electron chi connectivity index (χ0n) is 18.9. The highest BCUT2D eigenvalue weighted by molar-refractivity contribution is 6.33. The van der Waals surface area contributed by atoms with Gasteiger partial charge in [0.05, 0.1) is 27.5 Å². The first kappa shape index (κ1) is 23.7. The molecule has 0 unspecified atom stereocenters. The average molecular weight is 500 g/mol. The first-order valence-electron chi connectivity index (χ1n) is 10.4. The van der Waals surface area contributed by atoms with Crippen molar-refractivity contribution in [1.29, 1.82) is 0 Å². The Morgan fingerprint density at radius 2 is 1.44 bits per heavy atom. The number of hydrogen-bond acceptors (Lipinski definition) is 5. The molecule has 4 aromatic rings. The van der Waals surface area contributed by atoms with Crippen LogP contribution in [0.5, 0.6) is 17.2 Å². The standard InChI is InChI=1S/C25H23Cl2N3O4/c1-32-22-13-24(34-3)23(33-2)10-15(22)14-28-29-25(31)8-9-30-20-6-4-16(26)11-18(20)19-12-17(27)5-7-21(19)30/h4-7,10-14H,8-9H2,1-3H3,(H,29,31). The Morgan fingerprint density at radius 1 is 0.882 bits per heavy atom. The van der Waals surface area contributed by atoms with Crippen molar-refractivity contribution in [2.24, 2.45) is 5.10 Å². The van der Waals surface area contributed by atoms with Crippen LogP contribution in [0, 0.1) is 0 Å². The number of hydrazone groups is 1. The van der Waals surface area contributed by atoms with Crippen molar-refractivity contribution < 1.29 is 19.0 Å². The first-order valence-corrected chi connectivity index (χ1v) is 11.2. The molecule has 0 aliphatic heterocycles. The minimum Gasteiger partial charge on any atom is -0.496 e. The summed E-state index contributed by atoms with van der Waals surface area (Å²) in [5, 5.41) is 7.35. The maximum Gasteiger partial charge on any atom is 0.241 e. The van der Waals surface area contributed by atoms with Gasteiger partial charge in [0.15, 0.2) is 11.5 Å². The van der Waals surface area contributed by atoms with Gasteiger partial charge in [-0.25, -0.2) is 5.43 Å². The first-order chi connectivity index (χ1) is 16.4. The number of aromatic nitrogens is 1. The number of benzene rings is 3. The normalized spacial score (nSPS) is 11.3. The molecule has 0 saturated carbocycles. The summed E-state index contributed by atoms with van der Waals surface area (Å²) >= 11 is 12.4. The van der Waals surface area contributed by atoms with Crippen molar-refractivity contribution in [2.45, 2.75) is 13.0 Å². The molecule has 34 heavy (non-hydrogen) atoms. The highest BCUT2D eigenvalue weighted by Gasteiger charge is 2.13. The highest BCUT2D eigenvalue weighted by atomic mass is 35.5. The molecule has 176 valence electrons. The molecular weight excluding hydrogens is 477 g/mol. The van der Waals surface area contributed by atoms with Gasteiger partial charge in [0.25, 0.3) is 0 Å². The van der Waals surface area contributed by atoms with Crippen molar-refractivity contribution in [2.75, 3.05) is 21.3 Å². The van der Waals surface area contributed by atoms with Crippen molar-refractivity contribution in [3.63, 3.8) is 0 Å². The molecule has 4 rings (SSSR count). The van der Waals surface area contributed by atoms with E-state index in [2.05, 4.69) is 15.1 Å². The number of nitrogens with one attached hydrogen (secondary N) is 1. The molecule has 0 aliphatic carbocycles. The van der Waals surface area contributed by atoms with E-state index in [1.807, 2.05) is 36.4 Å². The fraction of sp³-hybridized carbons (Fsp3) is 0.200. The van der Waals surface area contributed by atoms with E-state index in [-0.39, 0.29) is 12.3 Å². The third kappa shape index (κ3) is 4.76. The fourth-order valence-electron chi connectivity index (χ4n) is 3.89. The lowest BCUT2D eigenvalue weighted by Gasteiger charge is -2.11. The van der Waals surface area contributed by atoms with E-state index in [0.717, 1.165) is 21.8 Å². The zero-order valence-corrected chi connectivity index (χ0v) is 20.4. The fourth-order valence-corrected chi connectivity index (χ4v) is 4.23. The summed E-state index contributed by atoms with van der Waals surface area (Å²) in [6.07, 6.45) is 1.73. The van der Waals surface area contributed by atoms with E-state index in [1.165, 1.54) is 6.21 Å². The van der Waals surface area contributed by atoms with Gasteiger partial charge in [-0.05, 0) is 42.5 Å². The molecular formula is C25H23Cl2N3O4. The Kier molecular flexibility index (Phi) is 7.14. The summed E-state index contributed by atoms with van der Waals surface area (Å²) in [5.41, 5.74) is 5.17. The van der Waals surface area contributed by atoms with E-state index in [4.69, 9.17) is 37.4 Å². The van der Waals surface area contributed by atoms with Gasteiger partial charge in [-0.3, -0.25) is 4.79 Å². The third-order valence-corrected chi connectivity index (χ3v) is 5.95. The van der Waals surface area contributed by atoms with Gasteiger partial charge in [0.1, 0.15) is 5.75 Å². The Balaban J connectivity index is 1.50. The second kappa shape index (κ2) is 10.2. The number of carbonyl (C=O) groups is 1. The molecule has 0 bridgehead atoms. The molecule has 9 heteroatoms. The summed E-state index contributed by atoms with van der Waals surface area (Å²) in [6, 6.07) is 14.8. The van der Waals surface area contributed by atoms with Gasteiger partial charge >= 0.3 is 0 Å². The van der Waals surface area contributed by atoms with Gasteiger partial charge in [-0.2, -0.15) is 5.10 Å². The van der Waals surface area contributed by atoms with Gasteiger partial charge < -0.3 is 18.8 Å². The molecule has 1 amide bonds. The topological polar surface area (TPSA) is 74.1 Å². The molecule has 0 spiro atoms. The van der Waals surface area contributed by atoms with Gasteiger partial charge in [0, 0.05) is 56.4 Å². The number of aryl methyl sites for hydroxylation is 1. The predicted octanol–water partition coefficient (Wildman–Crippen LogP) is 5.67. The molecule has 0 fully saturated rings. The second-order valence-corrected chi connectivity index (χ2v) is 8.34. The number of ether oxygens (including phenoxy) is 3. The quantitative estimate of drug-likeness (QED) is 0.250. The minimum absolute atomic E-state index is 0.227. The lowest BCUT2D eigenvalue weighted by atomic mass is 10.1. The van der Waals surface area contributed by atoms with E-state index in [0.29, 0.717) is 39.4 Å². The number of nitrogens with zero attached hydrogens (tertiary/aromatic N) is 2. The largest absolute Gasteiger partial charge is 0.496 e. The summed E-state index contributed by atoms with van der Waals surface area (Å²) in [5.74, 6) is 1.38. The van der Waals surface area contributed by atoms with Crippen LogP contribution in [0.3, 0.4) is 0 Å². The number of halogens is 2. The summed E-state index contributed by atoms with van der Waals surface area (Å²) in [6.45, 7) is 0.463. The van der Waals surface area contributed by atoms with Crippen LogP contribution in [0.2, 0.25) is 10.0 Å². The molecule has 1 aromatic heterocycles. The van der Waals surface area contributed by atoms with Crippen molar-refractivity contribution in [3.8, 4) is 17.2 Å². The molecule has 0 saturated heterocycles. The summed E-state index contributed by atoms with van der Waals surface area (Å²) in [7, 11) is 4.64. The SMILES string of the molecule is COc1cc(OC)c(OC)cc1C=NNC(=O)CCn1c2ccc(Cl)cc2c2cc(Cl)ccc21. The van der Waals surface area contributed by atoms with Gasteiger partial charge in [-0.15, -0.1) is 0 Å². The number of amides is 1. The average Bonchev–Trinajstić information content (AvgIpc) is 3.14. The van der Waals surface area contributed by atoms with E-state index < -0.39 is 0 Å². The molecule has 3 aromatic carbocycles. The van der Waals surface area contributed by atoms with E-state index >= 15 is 0 Å². The van der Waals surface area contributed by atoms with Crippen LogP contribution < -0.4 is 19.6 Å². The van der Waals surface area contributed by atoms with E-state index in [1.54, 1.807) is 33.5 Å². The molecule has 7 nitrogen and oxygen atoms in total. The molecule has 1 N–H and O–H groups in total. The second-order valence-electron chi connectivity index (χ2n) is 7.47. The Morgan fingerprint density at radius 3 is 2.00 bits per heavy atom. The molecule has 0 aliphatic rings. The predicted molar refractivity (Wildman–Crippen MR) is 136 cm³/mol. The van der Waals surface area contributed by atoms with Crippen molar-refractivity contribution in [1.82, 2.24) is 9.99 Å². The van der Waals surface area contributed by atoms with Crippen LogP contribution in [0.1, 0.15) is 12.0 Å². The van der Waals surface area contributed by atoms with Crippen LogP contribution in [0.25, 0.3) is 21.8 Å². The maximum atomic E-state index is 12.5. The number of hydrogen-bond donors (Lipinski definition) is 1. The number of methoxy groups -OCH3 is 3. The third-order valence-electron chi connectivity index (χ3n) is 5.48. The van der Waals surface area contributed by atoms with Crippen molar-refractivity contribution in [3.05, 3.63) is 64.1 Å². The smallest absolute Gasteiger partial charge is 0.241 e. The monoisotopic (exact) mass is 499 g/mol. The molecule has 1 heterocycles. The lowest BCUT2D eigenvalue weighted by molar-refractivity contribution is -0.121. The lowest BCUT2D eigenvalue weighted by Crippen LogP contribution is -2.19. The Hall–Kier alpha value is -3.42. The van der Waals surface area contributed by atoms with Crippen LogP contribution in [0.4, 0.5) is 0 Å². The van der Waals surface area contributed by atoms with Gasteiger partial charge in [0.2, 0.25) is 5.91 Å². The Labute approximate surface area is 206 Å².